The Kier molecular flexibility index (Phi) is 8.76. The zero-order valence-electron chi connectivity index (χ0n) is 27.1. The monoisotopic (exact) mass is 630 g/mol. The topological polar surface area (TPSA) is 115 Å². The number of anilines is 1. The molecule has 1 aromatic heterocycles. The zero-order valence-corrected chi connectivity index (χ0v) is 27.1. The predicted octanol–water partition coefficient (Wildman–Crippen LogP) is 4.91. The summed E-state index contributed by atoms with van der Waals surface area (Å²) in [6.45, 7) is 8.56. The number of fused-ring (bicyclic) bond motifs is 2. The van der Waals surface area contributed by atoms with E-state index in [0.717, 1.165) is 25.7 Å². The number of benzene rings is 2. The highest BCUT2D eigenvalue weighted by Crippen LogP contribution is 2.34. The summed E-state index contributed by atoms with van der Waals surface area (Å²) in [4.78, 5) is 41.3. The van der Waals surface area contributed by atoms with Crippen molar-refractivity contribution in [3.05, 3.63) is 120 Å². The average Bonchev–Trinajstić information content (AvgIpc) is 3.61. The van der Waals surface area contributed by atoms with Crippen molar-refractivity contribution >= 4 is 23.7 Å². The number of rotatable bonds is 10. The normalized spacial score (nSPS) is 13.2. The molecule has 10 nitrogen and oxygen atoms in total. The molecule has 0 fully saturated rings. The number of pyridine rings is 2. The molecule has 0 spiro atoms. The molecular formula is C37H38N6O4. The van der Waals surface area contributed by atoms with Gasteiger partial charge in [-0.3, -0.25) is 23.5 Å². The molecular weight excluding hydrogens is 592 g/mol. The molecule has 0 aliphatic carbocycles. The molecule has 3 aliphatic heterocycles. The Balaban J connectivity index is 1.50. The van der Waals surface area contributed by atoms with Crippen LogP contribution in [0, 0.1) is 13.8 Å². The second kappa shape index (κ2) is 13.1. The van der Waals surface area contributed by atoms with Crippen molar-refractivity contribution in [3.8, 4) is 23.0 Å². The minimum Gasteiger partial charge on any atom is -0.494 e. The lowest BCUT2D eigenvalue weighted by molar-refractivity contribution is 0.0994. The first kappa shape index (κ1) is 31.5. The zero-order chi connectivity index (χ0) is 33.2. The van der Waals surface area contributed by atoms with Crippen LogP contribution in [0.5, 0.6) is 5.88 Å². The van der Waals surface area contributed by atoms with Crippen LogP contribution < -0.4 is 26.8 Å². The molecule has 1 amide bonds. The molecule has 240 valence electrons. The first-order valence-corrected chi connectivity index (χ1v) is 16.1. The highest BCUT2D eigenvalue weighted by atomic mass is 16.3. The minimum absolute atomic E-state index is 0.00988. The van der Waals surface area contributed by atoms with Crippen LogP contribution in [0.2, 0.25) is 0 Å². The van der Waals surface area contributed by atoms with Crippen LogP contribution in [0.4, 0.5) is 5.69 Å². The van der Waals surface area contributed by atoms with E-state index in [9.17, 15) is 19.5 Å². The van der Waals surface area contributed by atoms with E-state index in [-0.39, 0.29) is 22.9 Å². The lowest BCUT2D eigenvalue weighted by Gasteiger charge is -2.17. The standard InChI is InChI=1S/C37H38N6O4/c1-5-7-22-40-32-30(36(46)42(38-32)26-16-11-9-12-17-26)24(3)28(34(40)44)20-15-21-29-25(4)31-33(41(35(29)45)23-8-6-2)39-43(37(31)47)27-18-13-10-14-19-27/h9-21,44H,5-8,22-23H2,1-4H3. The molecule has 47 heavy (non-hydrogen) atoms. The average molecular weight is 631 g/mol. The van der Waals surface area contributed by atoms with E-state index in [1.54, 1.807) is 41.2 Å². The quantitative estimate of drug-likeness (QED) is 0.236. The van der Waals surface area contributed by atoms with Crippen molar-refractivity contribution in [3.63, 3.8) is 0 Å². The number of carbonyl (C=O) groups excluding carboxylic acids is 1. The molecule has 6 rings (SSSR count). The Labute approximate surface area is 272 Å². The van der Waals surface area contributed by atoms with Crippen LogP contribution >= 0.6 is 0 Å². The van der Waals surface area contributed by atoms with Crippen molar-refractivity contribution in [1.82, 2.24) is 18.9 Å². The second-order valence-electron chi connectivity index (χ2n) is 11.7. The van der Waals surface area contributed by atoms with Gasteiger partial charge in [-0.25, -0.2) is 0 Å². The molecule has 1 N–H and O–H groups in total. The molecule has 2 aromatic carbocycles. The van der Waals surface area contributed by atoms with Gasteiger partial charge >= 0.3 is 0 Å². The molecule has 0 saturated heterocycles. The number of nitrogens with zero attached hydrogens (tertiary/aromatic N) is 6. The third kappa shape index (κ3) is 5.49. The number of hydrogen-bond acceptors (Lipinski definition) is 6. The minimum atomic E-state index is -0.290. The smallest absolute Gasteiger partial charge is 0.282 e. The predicted molar refractivity (Wildman–Crippen MR) is 184 cm³/mol. The van der Waals surface area contributed by atoms with Gasteiger partial charge in [0.05, 0.1) is 22.5 Å². The Morgan fingerprint density at radius 2 is 1.38 bits per heavy atom. The number of aromatic nitrogens is 4. The summed E-state index contributed by atoms with van der Waals surface area (Å²) in [5.74, 6) is 0.119. The summed E-state index contributed by atoms with van der Waals surface area (Å²) in [5, 5.41) is 22.5. The van der Waals surface area contributed by atoms with Crippen LogP contribution in [0.3, 0.4) is 0 Å². The number of para-hydroxylation sites is 2. The number of amides is 1. The van der Waals surface area contributed by atoms with Gasteiger partial charge in [0.1, 0.15) is 0 Å². The maximum absolute atomic E-state index is 13.9. The van der Waals surface area contributed by atoms with Crippen LogP contribution in [-0.4, -0.2) is 29.9 Å². The first-order valence-electron chi connectivity index (χ1n) is 16.1. The Hall–Kier alpha value is -5.51. The first-order chi connectivity index (χ1) is 22.8. The third-order valence-electron chi connectivity index (χ3n) is 8.69. The maximum atomic E-state index is 13.9. The van der Waals surface area contributed by atoms with Gasteiger partial charge < -0.3 is 5.11 Å². The SMILES string of the molecule is CCCCn1c2nn(-c3ccccc3)c(=O)c-2c(C)c(C=CC=c2c(C)c3c(n(CCCC)c2=O)=NN(c2ccccc2)C3=O)c1O. The fourth-order valence-corrected chi connectivity index (χ4v) is 6.08. The molecule has 0 radical (unpaired) electrons. The second-order valence-corrected chi connectivity index (χ2v) is 11.7. The summed E-state index contributed by atoms with van der Waals surface area (Å²) in [6.07, 6.45) is 8.35. The van der Waals surface area contributed by atoms with E-state index in [0.29, 0.717) is 68.8 Å². The molecule has 10 heteroatoms. The van der Waals surface area contributed by atoms with Crippen molar-refractivity contribution in [2.45, 2.75) is 66.5 Å². The van der Waals surface area contributed by atoms with Crippen molar-refractivity contribution in [2.24, 2.45) is 5.10 Å². The van der Waals surface area contributed by atoms with E-state index in [4.69, 9.17) is 0 Å². The summed E-state index contributed by atoms with van der Waals surface area (Å²) >= 11 is 0. The summed E-state index contributed by atoms with van der Waals surface area (Å²) in [7, 11) is 0. The van der Waals surface area contributed by atoms with E-state index in [2.05, 4.69) is 17.1 Å². The van der Waals surface area contributed by atoms with Crippen LogP contribution in [-0.2, 0) is 13.1 Å². The summed E-state index contributed by atoms with van der Waals surface area (Å²) in [5.41, 5.74) is 3.51. The summed E-state index contributed by atoms with van der Waals surface area (Å²) < 4.78 is 4.64. The van der Waals surface area contributed by atoms with Gasteiger partial charge in [-0.05, 0) is 74.2 Å². The fourth-order valence-electron chi connectivity index (χ4n) is 6.08. The van der Waals surface area contributed by atoms with Crippen molar-refractivity contribution < 1.29 is 9.90 Å². The Morgan fingerprint density at radius 1 is 0.766 bits per heavy atom. The number of carbonyl (C=O) groups is 1. The molecule has 0 unspecified atom stereocenters. The fraction of sp³-hybridized carbons (Fsp3) is 0.270. The van der Waals surface area contributed by atoms with Gasteiger partial charge in [-0.1, -0.05) is 69.2 Å². The Bertz CT molecular complexity index is 2210. The number of aromatic hydroxyl groups is 1. The van der Waals surface area contributed by atoms with E-state index in [1.165, 1.54) is 9.69 Å². The molecule has 3 aromatic rings. The largest absolute Gasteiger partial charge is 0.494 e. The highest BCUT2D eigenvalue weighted by Gasteiger charge is 2.30. The lowest BCUT2D eigenvalue weighted by atomic mass is 10.0. The van der Waals surface area contributed by atoms with E-state index in [1.807, 2.05) is 67.6 Å². The number of hydrogen-bond donors (Lipinski definition) is 1. The number of allylic oxidation sites excluding steroid dienone is 1. The third-order valence-corrected chi connectivity index (χ3v) is 8.69. The molecule has 0 bridgehead atoms. The highest BCUT2D eigenvalue weighted by molar-refractivity contribution is 6.08. The molecule has 0 saturated carbocycles. The Morgan fingerprint density at radius 3 is 2.02 bits per heavy atom. The van der Waals surface area contributed by atoms with Crippen LogP contribution in [0.1, 0.15) is 66.6 Å². The van der Waals surface area contributed by atoms with Gasteiger partial charge in [0.25, 0.3) is 17.0 Å². The van der Waals surface area contributed by atoms with Gasteiger partial charge in [0.2, 0.25) is 0 Å². The van der Waals surface area contributed by atoms with Crippen molar-refractivity contribution in [1.29, 1.82) is 0 Å². The van der Waals surface area contributed by atoms with Gasteiger partial charge in [-0.2, -0.15) is 9.69 Å². The molecule has 4 heterocycles. The lowest BCUT2D eigenvalue weighted by Crippen LogP contribution is -2.46. The number of unbranched alkanes of at least 4 members (excludes halogenated alkanes) is 2. The van der Waals surface area contributed by atoms with E-state index < -0.39 is 0 Å². The molecule has 0 atom stereocenters. The van der Waals surface area contributed by atoms with Crippen LogP contribution in [0.15, 0.2) is 81.4 Å². The summed E-state index contributed by atoms with van der Waals surface area (Å²) in [6, 6.07) is 18.4. The van der Waals surface area contributed by atoms with Crippen LogP contribution in [0.25, 0.3) is 29.2 Å². The van der Waals surface area contributed by atoms with Gasteiger partial charge in [0, 0.05) is 23.9 Å². The van der Waals surface area contributed by atoms with Gasteiger partial charge in [0.15, 0.2) is 17.2 Å². The maximum Gasteiger partial charge on any atom is 0.282 e. The van der Waals surface area contributed by atoms with Gasteiger partial charge in [-0.15, -0.1) is 10.2 Å². The van der Waals surface area contributed by atoms with E-state index >= 15 is 0 Å². The van der Waals surface area contributed by atoms with Crippen molar-refractivity contribution in [2.75, 3.05) is 5.01 Å². The molecule has 3 aliphatic rings.